The highest BCUT2D eigenvalue weighted by Gasteiger charge is 2.42. The molecule has 140 valence electrons. The van der Waals surface area contributed by atoms with Crippen LogP contribution in [0.4, 0.5) is 5.69 Å². The number of carbonyl (C=O) groups is 1. The molecule has 1 aromatic carbocycles. The first kappa shape index (κ1) is 19.8. The van der Waals surface area contributed by atoms with Crippen LogP contribution < -0.4 is 10.1 Å². The Morgan fingerprint density at radius 2 is 1.96 bits per heavy atom. The van der Waals surface area contributed by atoms with Crippen LogP contribution in [0.3, 0.4) is 0 Å². The van der Waals surface area contributed by atoms with Crippen LogP contribution in [0.1, 0.15) is 64.5 Å². The van der Waals surface area contributed by atoms with Crippen LogP contribution in [0.15, 0.2) is 12.1 Å². The van der Waals surface area contributed by atoms with Crippen LogP contribution in [0.5, 0.6) is 5.75 Å². The third-order valence-corrected chi connectivity index (χ3v) is 4.86. The Hall–Kier alpha value is -1.55. The standard InChI is InChI=1S/C21H33NO3/c1-7-24-21(10-8-9-15(4)13-21)20(23)22-18-11-16(5)19(17(6)12-18)25-14(2)3/h11-12,14-15H,7-10,13H2,1-6H3,(H,22,23)/t15-,21+/m1/s1. The van der Waals surface area contributed by atoms with E-state index in [-0.39, 0.29) is 12.0 Å². The molecule has 1 saturated carbocycles. The highest BCUT2D eigenvalue weighted by atomic mass is 16.5. The summed E-state index contributed by atoms with van der Waals surface area (Å²) in [5, 5.41) is 3.10. The summed E-state index contributed by atoms with van der Waals surface area (Å²) in [5.74, 6) is 1.40. The second-order valence-electron chi connectivity index (χ2n) is 7.69. The number of hydrogen-bond donors (Lipinski definition) is 1. The van der Waals surface area contributed by atoms with Gasteiger partial charge < -0.3 is 14.8 Å². The van der Waals surface area contributed by atoms with Gasteiger partial charge in [-0.3, -0.25) is 4.79 Å². The van der Waals surface area contributed by atoms with Crippen LogP contribution in [0, 0.1) is 19.8 Å². The van der Waals surface area contributed by atoms with Crippen LogP contribution in [-0.4, -0.2) is 24.2 Å². The molecule has 0 saturated heterocycles. The van der Waals surface area contributed by atoms with Crippen molar-refractivity contribution in [2.75, 3.05) is 11.9 Å². The van der Waals surface area contributed by atoms with Crippen molar-refractivity contribution in [2.24, 2.45) is 5.92 Å². The molecule has 1 amide bonds. The SMILES string of the molecule is CCO[C@@]1(C(=O)Nc2cc(C)c(OC(C)C)c(C)c2)CCC[C@@H](C)C1. The lowest BCUT2D eigenvalue weighted by Crippen LogP contribution is -2.48. The number of hydrogen-bond acceptors (Lipinski definition) is 3. The lowest BCUT2D eigenvalue weighted by atomic mass is 9.78. The van der Waals surface area contributed by atoms with Crippen molar-refractivity contribution in [3.8, 4) is 5.75 Å². The zero-order valence-corrected chi connectivity index (χ0v) is 16.6. The van der Waals surface area contributed by atoms with Gasteiger partial charge in [0, 0.05) is 12.3 Å². The summed E-state index contributed by atoms with van der Waals surface area (Å²) in [5.41, 5.74) is 2.19. The van der Waals surface area contributed by atoms with Gasteiger partial charge in [-0.25, -0.2) is 0 Å². The van der Waals surface area contributed by atoms with E-state index in [1.165, 1.54) is 6.42 Å². The van der Waals surface area contributed by atoms with E-state index < -0.39 is 5.60 Å². The molecule has 0 aromatic heterocycles. The van der Waals surface area contributed by atoms with Gasteiger partial charge in [-0.05, 0) is 83.1 Å². The average molecular weight is 347 g/mol. The van der Waals surface area contributed by atoms with Gasteiger partial charge in [0.1, 0.15) is 11.4 Å². The summed E-state index contributed by atoms with van der Waals surface area (Å²) in [4.78, 5) is 13.0. The van der Waals surface area contributed by atoms with Crippen LogP contribution >= 0.6 is 0 Å². The largest absolute Gasteiger partial charge is 0.490 e. The molecule has 25 heavy (non-hydrogen) atoms. The van der Waals surface area contributed by atoms with E-state index in [0.717, 1.165) is 41.8 Å². The molecule has 1 aromatic rings. The van der Waals surface area contributed by atoms with Crippen LogP contribution in [0.25, 0.3) is 0 Å². The van der Waals surface area contributed by atoms with Gasteiger partial charge >= 0.3 is 0 Å². The summed E-state index contributed by atoms with van der Waals surface area (Å²) in [6.07, 6.45) is 3.92. The van der Waals surface area contributed by atoms with E-state index in [9.17, 15) is 4.79 Å². The fraction of sp³-hybridized carbons (Fsp3) is 0.667. The second kappa shape index (κ2) is 8.22. The van der Waals surface area contributed by atoms with Crippen molar-refractivity contribution in [3.05, 3.63) is 23.3 Å². The van der Waals surface area contributed by atoms with E-state index in [4.69, 9.17) is 9.47 Å². The molecule has 0 spiro atoms. The number of aryl methyl sites for hydroxylation is 2. The van der Waals surface area contributed by atoms with E-state index in [1.54, 1.807) is 0 Å². The summed E-state index contributed by atoms with van der Waals surface area (Å²) in [7, 11) is 0. The number of rotatable bonds is 6. The number of anilines is 1. The van der Waals surface area contributed by atoms with Crippen LogP contribution in [-0.2, 0) is 9.53 Å². The number of amides is 1. The van der Waals surface area contributed by atoms with E-state index in [1.807, 2.05) is 46.8 Å². The summed E-state index contributed by atoms with van der Waals surface area (Å²) in [6, 6.07) is 3.96. The molecule has 4 nitrogen and oxygen atoms in total. The molecule has 2 atom stereocenters. The van der Waals surface area contributed by atoms with E-state index >= 15 is 0 Å². The second-order valence-corrected chi connectivity index (χ2v) is 7.69. The van der Waals surface area contributed by atoms with E-state index in [0.29, 0.717) is 12.5 Å². The maximum absolute atomic E-state index is 13.0. The lowest BCUT2D eigenvalue weighted by molar-refractivity contribution is -0.147. The number of benzene rings is 1. The maximum Gasteiger partial charge on any atom is 0.256 e. The van der Waals surface area contributed by atoms with Gasteiger partial charge in [-0.15, -0.1) is 0 Å². The minimum atomic E-state index is -0.693. The Bertz CT molecular complexity index is 584. The fourth-order valence-electron chi connectivity index (χ4n) is 3.87. The third-order valence-electron chi connectivity index (χ3n) is 4.86. The molecule has 1 N–H and O–H groups in total. The minimum Gasteiger partial charge on any atom is -0.490 e. The van der Waals surface area contributed by atoms with Gasteiger partial charge in [0.25, 0.3) is 5.91 Å². The Kier molecular flexibility index (Phi) is 6.50. The quantitative estimate of drug-likeness (QED) is 0.786. The molecule has 0 unspecified atom stereocenters. The van der Waals surface area contributed by atoms with Crippen molar-refractivity contribution in [2.45, 2.75) is 78.9 Å². The first-order valence-electron chi connectivity index (χ1n) is 9.50. The predicted molar refractivity (Wildman–Crippen MR) is 102 cm³/mol. The minimum absolute atomic E-state index is 0.0165. The Labute approximate surface area is 152 Å². The summed E-state index contributed by atoms with van der Waals surface area (Å²) >= 11 is 0. The van der Waals surface area contributed by atoms with Crippen molar-refractivity contribution in [1.29, 1.82) is 0 Å². The monoisotopic (exact) mass is 347 g/mol. The molecule has 0 heterocycles. The fourth-order valence-corrected chi connectivity index (χ4v) is 3.87. The number of carbonyl (C=O) groups excluding carboxylic acids is 1. The van der Waals surface area contributed by atoms with E-state index in [2.05, 4.69) is 12.2 Å². The third kappa shape index (κ3) is 4.75. The van der Waals surface area contributed by atoms with Gasteiger partial charge in [0.05, 0.1) is 6.10 Å². The topological polar surface area (TPSA) is 47.6 Å². The Morgan fingerprint density at radius 3 is 2.48 bits per heavy atom. The van der Waals surface area contributed by atoms with Crippen molar-refractivity contribution < 1.29 is 14.3 Å². The van der Waals surface area contributed by atoms with Crippen LogP contribution in [0.2, 0.25) is 0 Å². The highest BCUT2D eigenvalue weighted by Crippen LogP contribution is 2.37. The average Bonchev–Trinajstić information content (AvgIpc) is 2.51. The first-order valence-corrected chi connectivity index (χ1v) is 9.50. The molecule has 0 aliphatic heterocycles. The molecule has 1 fully saturated rings. The molecule has 0 radical (unpaired) electrons. The molecule has 2 rings (SSSR count). The van der Waals surface area contributed by atoms with Crippen molar-refractivity contribution in [1.82, 2.24) is 0 Å². The van der Waals surface area contributed by atoms with Gasteiger partial charge in [0.2, 0.25) is 0 Å². The molecule has 4 heteroatoms. The molecule has 1 aliphatic rings. The summed E-state index contributed by atoms with van der Waals surface area (Å²) < 4.78 is 11.9. The predicted octanol–water partition coefficient (Wildman–Crippen LogP) is 5.01. The molecule has 0 bridgehead atoms. The smallest absolute Gasteiger partial charge is 0.256 e. The molecular formula is C21H33NO3. The zero-order valence-electron chi connectivity index (χ0n) is 16.6. The zero-order chi connectivity index (χ0) is 18.6. The van der Waals surface area contributed by atoms with Crippen molar-refractivity contribution in [3.63, 3.8) is 0 Å². The Balaban J connectivity index is 2.21. The van der Waals surface area contributed by atoms with Gasteiger partial charge in [0.15, 0.2) is 0 Å². The number of ether oxygens (including phenoxy) is 2. The molecular weight excluding hydrogens is 314 g/mol. The lowest BCUT2D eigenvalue weighted by Gasteiger charge is -2.38. The normalized spacial score (nSPS) is 23.6. The first-order chi connectivity index (χ1) is 11.8. The molecule has 1 aliphatic carbocycles. The number of nitrogens with one attached hydrogen (secondary N) is 1. The van der Waals surface area contributed by atoms with Crippen molar-refractivity contribution >= 4 is 11.6 Å². The van der Waals surface area contributed by atoms with Gasteiger partial charge in [-0.1, -0.05) is 13.3 Å². The summed E-state index contributed by atoms with van der Waals surface area (Å²) in [6.45, 7) is 12.8. The highest BCUT2D eigenvalue weighted by molar-refractivity contribution is 5.97. The Morgan fingerprint density at radius 1 is 1.32 bits per heavy atom. The maximum atomic E-state index is 13.0. The van der Waals surface area contributed by atoms with Gasteiger partial charge in [-0.2, -0.15) is 0 Å².